The van der Waals surface area contributed by atoms with Crippen molar-refractivity contribution in [1.82, 2.24) is 10.2 Å². The average molecular weight is 396 g/mol. The highest BCUT2D eigenvalue weighted by molar-refractivity contribution is 7.92. The van der Waals surface area contributed by atoms with E-state index in [2.05, 4.69) is 22.3 Å². The van der Waals surface area contributed by atoms with Gasteiger partial charge in [0.05, 0.1) is 16.6 Å². The molecule has 1 heterocycles. The van der Waals surface area contributed by atoms with E-state index in [9.17, 15) is 8.42 Å². The second kappa shape index (κ2) is 8.95. The van der Waals surface area contributed by atoms with Crippen LogP contribution in [-0.4, -0.2) is 62.1 Å². The summed E-state index contributed by atoms with van der Waals surface area (Å²) in [7, 11) is -3.06. The number of nitrogens with zero attached hydrogens (tertiary/aromatic N) is 2. The van der Waals surface area contributed by atoms with Gasteiger partial charge in [-0.3, -0.25) is 4.99 Å². The predicted octanol–water partition coefficient (Wildman–Crippen LogP) is 2.49. The van der Waals surface area contributed by atoms with Gasteiger partial charge in [-0.1, -0.05) is 12.1 Å². The normalized spacial score (nSPS) is 19.2. The highest BCUT2D eigenvalue weighted by atomic mass is 32.2. The Morgan fingerprint density at radius 1 is 1.30 bits per heavy atom. The summed E-state index contributed by atoms with van der Waals surface area (Å²) in [4.78, 5) is 6.78. The van der Waals surface area contributed by atoms with Crippen molar-refractivity contribution in [2.45, 2.75) is 51.9 Å². The molecule has 0 bridgehead atoms. The van der Waals surface area contributed by atoms with Crippen LogP contribution in [0.4, 0.5) is 0 Å². The van der Waals surface area contributed by atoms with Crippen LogP contribution in [0.25, 0.3) is 0 Å². The molecular formula is C20H33N3O3S. The maximum absolute atomic E-state index is 12.2. The summed E-state index contributed by atoms with van der Waals surface area (Å²) in [5.41, 5.74) is 1.20. The zero-order valence-electron chi connectivity index (χ0n) is 17.2. The third-order valence-corrected chi connectivity index (χ3v) is 7.17. The minimum Gasteiger partial charge on any atom is -0.491 e. The highest BCUT2D eigenvalue weighted by Gasteiger charge is 2.40. The Morgan fingerprint density at radius 3 is 2.52 bits per heavy atom. The first-order chi connectivity index (χ1) is 12.6. The van der Waals surface area contributed by atoms with E-state index >= 15 is 0 Å². The molecule has 2 rings (SSSR count). The van der Waals surface area contributed by atoms with Crippen molar-refractivity contribution in [2.75, 3.05) is 31.9 Å². The second-order valence-corrected chi connectivity index (χ2v) is 10.5. The Hall–Kier alpha value is -1.76. The van der Waals surface area contributed by atoms with Crippen molar-refractivity contribution in [3.8, 4) is 5.75 Å². The van der Waals surface area contributed by atoms with E-state index in [1.165, 1.54) is 5.56 Å². The summed E-state index contributed by atoms with van der Waals surface area (Å²) >= 11 is 0. The molecule has 152 valence electrons. The molecule has 0 aliphatic carbocycles. The molecule has 1 fully saturated rings. The topological polar surface area (TPSA) is 71.0 Å². The van der Waals surface area contributed by atoms with Crippen LogP contribution in [0.5, 0.6) is 5.75 Å². The van der Waals surface area contributed by atoms with Crippen molar-refractivity contribution >= 4 is 15.8 Å². The van der Waals surface area contributed by atoms with Crippen molar-refractivity contribution < 1.29 is 13.2 Å². The van der Waals surface area contributed by atoms with E-state index in [-0.39, 0.29) is 11.9 Å². The molecule has 1 N–H and O–H groups in total. The third kappa shape index (κ3) is 5.86. The molecular weight excluding hydrogens is 362 g/mol. The van der Waals surface area contributed by atoms with Gasteiger partial charge in [-0.2, -0.15) is 0 Å². The fraction of sp³-hybridized carbons (Fsp3) is 0.650. The molecule has 0 unspecified atom stereocenters. The van der Waals surface area contributed by atoms with E-state index in [4.69, 9.17) is 9.73 Å². The number of nitrogens with one attached hydrogen (secondary N) is 1. The van der Waals surface area contributed by atoms with E-state index < -0.39 is 14.6 Å². The summed E-state index contributed by atoms with van der Waals surface area (Å²) in [6.45, 7) is 12.0. The third-order valence-electron chi connectivity index (χ3n) is 4.64. The molecule has 1 aromatic carbocycles. The van der Waals surface area contributed by atoms with Crippen molar-refractivity contribution in [3.05, 3.63) is 29.8 Å². The number of ether oxygens (including phenoxy) is 1. The molecule has 0 radical (unpaired) electrons. The molecule has 1 aromatic rings. The first-order valence-electron chi connectivity index (χ1n) is 9.66. The van der Waals surface area contributed by atoms with Crippen molar-refractivity contribution in [3.63, 3.8) is 0 Å². The lowest BCUT2D eigenvalue weighted by Gasteiger charge is -2.39. The maximum Gasteiger partial charge on any atom is 0.194 e. The van der Waals surface area contributed by atoms with Gasteiger partial charge in [0.15, 0.2) is 15.8 Å². The number of guanidine groups is 1. The van der Waals surface area contributed by atoms with Crippen molar-refractivity contribution in [1.29, 1.82) is 0 Å². The van der Waals surface area contributed by atoms with Gasteiger partial charge >= 0.3 is 0 Å². The van der Waals surface area contributed by atoms with Crippen LogP contribution in [0.1, 0.15) is 40.2 Å². The summed E-state index contributed by atoms with van der Waals surface area (Å²) in [5.74, 6) is 1.84. The quantitative estimate of drug-likeness (QED) is 0.592. The van der Waals surface area contributed by atoms with E-state index in [1.807, 2.05) is 32.9 Å². The lowest BCUT2D eigenvalue weighted by atomic mass is 10.1. The lowest BCUT2D eigenvalue weighted by Crippen LogP contribution is -2.57. The molecule has 27 heavy (non-hydrogen) atoms. The number of sulfone groups is 1. The van der Waals surface area contributed by atoms with Gasteiger partial charge < -0.3 is 15.0 Å². The first kappa shape index (κ1) is 21.5. The minimum absolute atomic E-state index is 0.167. The SMILES string of the molecule is CCNC(=NCCc1ccc(OC(C)C)cc1)N1CCS(=O)(=O)C(C)(C)C1. The van der Waals surface area contributed by atoms with Gasteiger partial charge in [-0.25, -0.2) is 8.42 Å². The Kier molecular flexibility index (Phi) is 7.14. The summed E-state index contributed by atoms with van der Waals surface area (Å²) in [5, 5.41) is 3.30. The van der Waals surface area contributed by atoms with Gasteiger partial charge in [0.2, 0.25) is 0 Å². The number of rotatable bonds is 6. The largest absolute Gasteiger partial charge is 0.491 e. The Morgan fingerprint density at radius 2 is 1.96 bits per heavy atom. The Balaban J connectivity index is 1.99. The number of benzene rings is 1. The molecule has 0 amide bonds. The molecule has 1 aliphatic heterocycles. The van der Waals surface area contributed by atoms with Gasteiger partial charge in [-0.15, -0.1) is 0 Å². The number of hydrogen-bond acceptors (Lipinski definition) is 4. The maximum atomic E-state index is 12.2. The minimum atomic E-state index is -3.06. The van der Waals surface area contributed by atoms with Gasteiger partial charge in [-0.05, 0) is 58.7 Å². The second-order valence-electron chi connectivity index (χ2n) is 7.80. The summed E-state index contributed by atoms with van der Waals surface area (Å²) in [6.07, 6.45) is 0.993. The van der Waals surface area contributed by atoms with Crippen molar-refractivity contribution in [2.24, 2.45) is 4.99 Å². The summed E-state index contributed by atoms with van der Waals surface area (Å²) < 4.78 is 29.4. The smallest absolute Gasteiger partial charge is 0.194 e. The van der Waals surface area contributed by atoms with E-state index in [0.29, 0.717) is 19.6 Å². The first-order valence-corrected chi connectivity index (χ1v) is 11.3. The zero-order chi connectivity index (χ0) is 20.1. The van der Waals surface area contributed by atoms with Crippen LogP contribution in [0, 0.1) is 0 Å². The van der Waals surface area contributed by atoms with Crippen LogP contribution in [0.3, 0.4) is 0 Å². The number of hydrogen-bond donors (Lipinski definition) is 1. The van der Waals surface area contributed by atoms with E-state index in [0.717, 1.165) is 24.7 Å². The number of aliphatic imine (C=N–C) groups is 1. The van der Waals surface area contributed by atoms with Crippen LogP contribution in [-0.2, 0) is 16.3 Å². The molecule has 0 spiro atoms. The van der Waals surface area contributed by atoms with Crippen LogP contribution in [0.15, 0.2) is 29.3 Å². The lowest BCUT2D eigenvalue weighted by molar-refractivity contribution is 0.242. The Bertz CT molecular complexity index is 740. The van der Waals surface area contributed by atoms with Gasteiger partial charge in [0.1, 0.15) is 5.75 Å². The van der Waals surface area contributed by atoms with Gasteiger partial charge in [0.25, 0.3) is 0 Å². The summed E-state index contributed by atoms with van der Waals surface area (Å²) in [6, 6.07) is 8.11. The van der Waals surface area contributed by atoms with Crippen LogP contribution < -0.4 is 10.1 Å². The van der Waals surface area contributed by atoms with Gasteiger partial charge in [0, 0.05) is 26.2 Å². The molecule has 0 saturated carbocycles. The molecule has 1 aliphatic rings. The Labute approximate surface area is 163 Å². The molecule has 0 atom stereocenters. The fourth-order valence-electron chi connectivity index (χ4n) is 3.05. The fourth-order valence-corrected chi connectivity index (χ4v) is 4.41. The van der Waals surface area contributed by atoms with Crippen LogP contribution in [0.2, 0.25) is 0 Å². The standard InChI is InChI=1S/C20H33N3O3S/c1-6-21-19(23-13-14-27(24,25)20(4,5)15-23)22-12-11-17-7-9-18(10-8-17)26-16(2)3/h7-10,16H,6,11-15H2,1-5H3,(H,21,22). The molecule has 0 aromatic heterocycles. The van der Waals surface area contributed by atoms with E-state index in [1.54, 1.807) is 13.8 Å². The zero-order valence-corrected chi connectivity index (χ0v) is 18.0. The predicted molar refractivity (Wildman–Crippen MR) is 111 cm³/mol. The molecule has 6 nitrogen and oxygen atoms in total. The average Bonchev–Trinajstić information content (AvgIpc) is 2.58. The monoisotopic (exact) mass is 395 g/mol. The highest BCUT2D eigenvalue weighted by Crippen LogP contribution is 2.23. The molecule has 1 saturated heterocycles. The molecule has 7 heteroatoms. The van der Waals surface area contributed by atoms with Crippen LogP contribution >= 0.6 is 0 Å².